The highest BCUT2D eigenvalue weighted by Gasteiger charge is 2.29. The van der Waals surface area contributed by atoms with E-state index in [1.807, 2.05) is 5.43 Å². The Morgan fingerprint density at radius 2 is 2.00 bits per heavy atom. The van der Waals surface area contributed by atoms with Gasteiger partial charge in [-0.25, -0.2) is 10.2 Å². The molecular formula is C7H14N4O3. The number of urea groups is 1. The van der Waals surface area contributed by atoms with E-state index in [9.17, 15) is 14.5 Å². The van der Waals surface area contributed by atoms with Crippen LogP contribution in [0.4, 0.5) is 4.79 Å². The summed E-state index contributed by atoms with van der Waals surface area (Å²) in [6, 6.07) is -0.902. The SMILES string of the molecule is CC(=O)CC(C)(C)N(N=O)NC(N)=O. The minimum atomic E-state index is -0.902. The zero-order valence-electron chi connectivity index (χ0n) is 8.40. The van der Waals surface area contributed by atoms with Crippen molar-refractivity contribution in [1.29, 1.82) is 0 Å². The van der Waals surface area contributed by atoms with Crippen molar-refractivity contribution in [2.24, 2.45) is 11.0 Å². The molecule has 7 heteroatoms. The number of carbonyl (C=O) groups excluding carboxylic acids is 2. The van der Waals surface area contributed by atoms with Crippen LogP contribution in [0.5, 0.6) is 0 Å². The molecule has 2 amide bonds. The zero-order chi connectivity index (χ0) is 11.4. The lowest BCUT2D eigenvalue weighted by atomic mass is 9.99. The number of nitroso groups, excluding NO2 is 1. The van der Waals surface area contributed by atoms with Crippen molar-refractivity contribution in [3.8, 4) is 0 Å². The number of primary amides is 1. The summed E-state index contributed by atoms with van der Waals surface area (Å²) in [5.41, 5.74) is 5.95. The van der Waals surface area contributed by atoms with E-state index in [0.717, 1.165) is 5.12 Å². The molecule has 3 N–H and O–H groups in total. The van der Waals surface area contributed by atoms with Gasteiger partial charge in [0.15, 0.2) is 0 Å². The first-order valence-corrected chi connectivity index (χ1v) is 3.98. The number of nitrogens with two attached hydrogens (primary N) is 1. The first-order valence-electron chi connectivity index (χ1n) is 3.98. The quantitative estimate of drug-likeness (QED) is 0.494. The van der Waals surface area contributed by atoms with Crippen LogP contribution < -0.4 is 11.2 Å². The first-order chi connectivity index (χ1) is 6.29. The van der Waals surface area contributed by atoms with E-state index in [2.05, 4.69) is 5.29 Å². The highest BCUT2D eigenvalue weighted by Crippen LogP contribution is 2.17. The third-order valence-electron chi connectivity index (χ3n) is 1.55. The second-order valence-corrected chi connectivity index (χ2v) is 3.56. The smallest absolute Gasteiger partial charge is 0.332 e. The Morgan fingerprint density at radius 1 is 1.50 bits per heavy atom. The van der Waals surface area contributed by atoms with Crippen molar-refractivity contribution in [2.75, 3.05) is 0 Å². The number of Topliss-reactive ketones (excluding diaryl/α,β-unsaturated/α-hetero) is 1. The van der Waals surface area contributed by atoms with Crippen LogP contribution >= 0.6 is 0 Å². The van der Waals surface area contributed by atoms with Crippen molar-refractivity contribution in [1.82, 2.24) is 10.5 Å². The Bertz CT molecular complexity index is 251. The summed E-state index contributed by atoms with van der Waals surface area (Å²) in [6.07, 6.45) is 0.0824. The summed E-state index contributed by atoms with van der Waals surface area (Å²) >= 11 is 0. The fourth-order valence-corrected chi connectivity index (χ4v) is 1.07. The molecule has 0 unspecified atom stereocenters. The van der Waals surface area contributed by atoms with Gasteiger partial charge in [0.25, 0.3) is 0 Å². The van der Waals surface area contributed by atoms with Gasteiger partial charge in [0.2, 0.25) is 0 Å². The molecule has 0 rings (SSSR count). The number of carbonyl (C=O) groups is 2. The van der Waals surface area contributed by atoms with Crippen LogP contribution in [0.3, 0.4) is 0 Å². The molecule has 0 fully saturated rings. The number of hydrazine groups is 1. The van der Waals surface area contributed by atoms with Gasteiger partial charge in [-0.3, -0.25) is 4.79 Å². The normalized spacial score (nSPS) is 10.5. The van der Waals surface area contributed by atoms with Gasteiger partial charge in [0.1, 0.15) is 5.78 Å². The lowest BCUT2D eigenvalue weighted by Crippen LogP contribution is -2.53. The van der Waals surface area contributed by atoms with Crippen molar-refractivity contribution < 1.29 is 9.59 Å². The van der Waals surface area contributed by atoms with Gasteiger partial charge < -0.3 is 5.73 Å². The van der Waals surface area contributed by atoms with E-state index in [1.54, 1.807) is 13.8 Å². The van der Waals surface area contributed by atoms with Gasteiger partial charge in [-0.1, -0.05) is 0 Å². The second kappa shape index (κ2) is 4.54. The summed E-state index contributed by atoms with van der Waals surface area (Å²) in [4.78, 5) is 31.7. The molecule has 0 heterocycles. The van der Waals surface area contributed by atoms with E-state index < -0.39 is 11.6 Å². The average molecular weight is 202 g/mol. The molecule has 0 saturated heterocycles. The van der Waals surface area contributed by atoms with Crippen LogP contribution in [-0.4, -0.2) is 22.5 Å². The molecule has 0 bridgehead atoms. The number of ketones is 1. The van der Waals surface area contributed by atoms with Gasteiger partial charge in [-0.15, -0.1) is 4.91 Å². The Balaban J connectivity index is 4.55. The summed E-state index contributed by atoms with van der Waals surface area (Å²) in [7, 11) is 0. The first kappa shape index (κ1) is 12.3. The van der Waals surface area contributed by atoms with Crippen LogP contribution in [0.15, 0.2) is 5.29 Å². The van der Waals surface area contributed by atoms with Gasteiger partial charge in [0.05, 0.1) is 10.8 Å². The van der Waals surface area contributed by atoms with Crippen LogP contribution in [0.2, 0.25) is 0 Å². The maximum Gasteiger partial charge on any atom is 0.332 e. The minimum Gasteiger partial charge on any atom is -0.350 e. The number of hydrogen-bond donors (Lipinski definition) is 2. The third kappa shape index (κ3) is 3.83. The van der Waals surface area contributed by atoms with Crippen molar-refractivity contribution in [2.45, 2.75) is 32.7 Å². The Morgan fingerprint density at radius 3 is 2.29 bits per heavy atom. The van der Waals surface area contributed by atoms with Crippen LogP contribution in [0.1, 0.15) is 27.2 Å². The van der Waals surface area contributed by atoms with E-state index in [4.69, 9.17) is 5.73 Å². The minimum absolute atomic E-state index is 0.0824. The molecular weight excluding hydrogens is 188 g/mol. The number of amides is 2. The fourth-order valence-electron chi connectivity index (χ4n) is 1.07. The highest BCUT2D eigenvalue weighted by atomic mass is 16.3. The molecule has 0 aromatic rings. The molecule has 0 aliphatic carbocycles. The highest BCUT2D eigenvalue weighted by molar-refractivity contribution is 5.76. The van der Waals surface area contributed by atoms with Gasteiger partial charge >= 0.3 is 6.03 Å². The molecule has 0 radical (unpaired) electrons. The lowest BCUT2D eigenvalue weighted by molar-refractivity contribution is -0.120. The lowest BCUT2D eigenvalue weighted by Gasteiger charge is -2.31. The fraction of sp³-hybridized carbons (Fsp3) is 0.714. The van der Waals surface area contributed by atoms with Gasteiger partial charge in [0, 0.05) is 6.42 Å². The Hall–Kier alpha value is -1.66. The third-order valence-corrected chi connectivity index (χ3v) is 1.55. The van der Waals surface area contributed by atoms with Crippen molar-refractivity contribution >= 4 is 11.8 Å². The summed E-state index contributed by atoms with van der Waals surface area (Å²) in [5, 5.41) is 3.30. The van der Waals surface area contributed by atoms with Crippen LogP contribution in [-0.2, 0) is 4.79 Å². The maximum absolute atomic E-state index is 10.9. The Labute approximate surface area is 81.5 Å². The monoisotopic (exact) mass is 202 g/mol. The van der Waals surface area contributed by atoms with E-state index in [1.165, 1.54) is 6.92 Å². The summed E-state index contributed by atoms with van der Waals surface area (Å²) in [5.74, 6) is -0.116. The van der Waals surface area contributed by atoms with E-state index >= 15 is 0 Å². The zero-order valence-corrected chi connectivity index (χ0v) is 8.40. The summed E-state index contributed by atoms with van der Waals surface area (Å²) < 4.78 is 0. The standard InChI is InChI=1S/C7H14N4O3/c1-5(12)4-7(2,3)11(10-14)9-6(8)13/h4H2,1-3H3,(H3,8,9,13). The molecule has 14 heavy (non-hydrogen) atoms. The molecule has 80 valence electrons. The van der Waals surface area contributed by atoms with Crippen molar-refractivity contribution in [3.05, 3.63) is 4.91 Å². The molecule has 0 aromatic heterocycles. The van der Waals surface area contributed by atoms with Gasteiger partial charge in [-0.2, -0.15) is 5.12 Å². The molecule has 0 atom stereocenters. The Kier molecular flexibility index (Phi) is 4.00. The largest absolute Gasteiger partial charge is 0.350 e. The number of hydrogen-bond acceptors (Lipinski definition) is 4. The maximum atomic E-state index is 10.9. The molecule has 0 saturated carbocycles. The molecule has 0 aliphatic heterocycles. The predicted molar refractivity (Wildman–Crippen MR) is 49.7 cm³/mol. The predicted octanol–water partition coefficient (Wildman–Crippen LogP) is 0.311. The summed E-state index contributed by atoms with van der Waals surface area (Å²) in [6.45, 7) is 4.56. The molecule has 7 nitrogen and oxygen atoms in total. The van der Waals surface area contributed by atoms with Crippen LogP contribution in [0.25, 0.3) is 0 Å². The topological polar surface area (TPSA) is 105 Å². The molecule has 0 aliphatic rings. The number of rotatable bonds is 5. The number of nitrogens with zero attached hydrogens (tertiary/aromatic N) is 2. The van der Waals surface area contributed by atoms with Crippen molar-refractivity contribution in [3.63, 3.8) is 0 Å². The molecule has 0 aromatic carbocycles. The van der Waals surface area contributed by atoms with E-state index in [0.29, 0.717) is 0 Å². The second-order valence-electron chi connectivity index (χ2n) is 3.56. The average Bonchev–Trinajstić information content (AvgIpc) is 1.96. The van der Waals surface area contributed by atoms with Crippen LogP contribution in [0, 0.1) is 4.91 Å². The number of nitrogens with one attached hydrogen (secondary N) is 1. The van der Waals surface area contributed by atoms with E-state index in [-0.39, 0.29) is 12.2 Å². The molecule has 0 spiro atoms. The van der Waals surface area contributed by atoms with Gasteiger partial charge in [-0.05, 0) is 20.8 Å².